The molecule has 3 heterocycles. The third-order valence-corrected chi connectivity index (χ3v) is 3.83. The van der Waals surface area contributed by atoms with Gasteiger partial charge in [0.15, 0.2) is 5.82 Å². The van der Waals surface area contributed by atoms with Gasteiger partial charge in [-0.15, -0.1) is 0 Å². The highest BCUT2D eigenvalue weighted by Crippen LogP contribution is 2.33. The zero-order valence-corrected chi connectivity index (χ0v) is 12.7. The first-order valence-electron chi connectivity index (χ1n) is 7.46. The third-order valence-electron chi connectivity index (χ3n) is 3.83. The van der Waals surface area contributed by atoms with Crippen LogP contribution in [0.15, 0.2) is 18.5 Å². The molecule has 1 fully saturated rings. The van der Waals surface area contributed by atoms with Crippen LogP contribution in [0.2, 0.25) is 0 Å². The molecule has 0 aliphatic carbocycles. The van der Waals surface area contributed by atoms with Gasteiger partial charge in [0.2, 0.25) is 0 Å². The Kier molecular flexibility index (Phi) is 3.98. The van der Waals surface area contributed by atoms with E-state index in [9.17, 15) is 4.79 Å². The second-order valence-corrected chi connectivity index (χ2v) is 5.81. The fourth-order valence-electron chi connectivity index (χ4n) is 2.60. The second-order valence-electron chi connectivity index (χ2n) is 5.81. The number of esters is 1. The predicted octanol–water partition coefficient (Wildman–Crippen LogP) is 1.73. The molecule has 22 heavy (non-hydrogen) atoms. The van der Waals surface area contributed by atoms with Crippen molar-refractivity contribution in [2.24, 2.45) is 5.92 Å². The van der Waals surface area contributed by atoms with Crippen LogP contribution in [0, 0.1) is 5.92 Å². The fraction of sp³-hybridized carbons (Fsp3) is 0.533. The van der Waals surface area contributed by atoms with Gasteiger partial charge in [0.05, 0.1) is 17.7 Å². The minimum absolute atomic E-state index is 0.0699. The van der Waals surface area contributed by atoms with Crippen LogP contribution in [0.4, 0.5) is 5.82 Å². The monoisotopic (exact) mass is 304 g/mol. The molecule has 0 aromatic carbocycles. The van der Waals surface area contributed by atoms with Crippen molar-refractivity contribution in [3.63, 3.8) is 0 Å². The normalized spacial score (nSPS) is 21.6. The lowest BCUT2D eigenvalue weighted by molar-refractivity contribution is -0.151. The van der Waals surface area contributed by atoms with Gasteiger partial charge in [-0.2, -0.15) is 5.10 Å². The number of nitrogens with zero attached hydrogens (tertiary/aromatic N) is 3. The lowest BCUT2D eigenvalue weighted by atomic mass is 10.1. The van der Waals surface area contributed by atoms with Gasteiger partial charge < -0.3 is 15.2 Å². The molecule has 1 saturated heterocycles. The molecule has 7 heteroatoms. The Labute approximate surface area is 128 Å². The standard InChI is InChI=1S/C15H20N4O3/c1-9(2)15(20)21-7-10-3-6-13(22-10)11-4-5-12-14(16)17-8-18-19(11)12/h4-5,8-10,13H,3,6-7H2,1-2H3,(H2,16,17,18). The summed E-state index contributed by atoms with van der Waals surface area (Å²) in [5, 5.41) is 4.23. The second kappa shape index (κ2) is 5.92. The maximum atomic E-state index is 11.5. The molecule has 0 radical (unpaired) electrons. The molecule has 7 nitrogen and oxygen atoms in total. The average Bonchev–Trinajstić information content (AvgIpc) is 3.11. The van der Waals surface area contributed by atoms with Crippen molar-refractivity contribution in [1.82, 2.24) is 14.6 Å². The summed E-state index contributed by atoms with van der Waals surface area (Å²) >= 11 is 0. The van der Waals surface area contributed by atoms with E-state index in [1.165, 1.54) is 6.33 Å². The summed E-state index contributed by atoms with van der Waals surface area (Å²) in [5.74, 6) is 0.133. The molecule has 0 bridgehead atoms. The average molecular weight is 304 g/mol. The molecular weight excluding hydrogens is 284 g/mol. The summed E-state index contributed by atoms with van der Waals surface area (Å²) in [6.07, 6.45) is 3.00. The fourth-order valence-corrected chi connectivity index (χ4v) is 2.60. The summed E-state index contributed by atoms with van der Waals surface area (Å²) in [5.41, 5.74) is 7.55. The summed E-state index contributed by atoms with van der Waals surface area (Å²) < 4.78 is 13.0. The highest BCUT2D eigenvalue weighted by Gasteiger charge is 2.30. The van der Waals surface area contributed by atoms with E-state index in [4.69, 9.17) is 15.2 Å². The number of aromatic nitrogens is 3. The van der Waals surface area contributed by atoms with E-state index in [2.05, 4.69) is 10.1 Å². The number of anilines is 1. The minimum atomic E-state index is -0.194. The van der Waals surface area contributed by atoms with Crippen molar-refractivity contribution < 1.29 is 14.3 Å². The van der Waals surface area contributed by atoms with Gasteiger partial charge in [0.1, 0.15) is 24.6 Å². The maximum Gasteiger partial charge on any atom is 0.308 e. The number of ether oxygens (including phenoxy) is 2. The summed E-state index contributed by atoms with van der Waals surface area (Å²) in [6, 6.07) is 3.84. The quantitative estimate of drug-likeness (QED) is 0.865. The van der Waals surface area contributed by atoms with Crippen LogP contribution in [0.25, 0.3) is 5.52 Å². The Morgan fingerprint density at radius 2 is 2.32 bits per heavy atom. The Balaban J connectivity index is 1.67. The summed E-state index contributed by atoms with van der Waals surface area (Å²) in [6.45, 7) is 3.93. The SMILES string of the molecule is CC(C)C(=O)OCC1CCC(c2ccc3c(N)ncnn23)O1. The van der Waals surface area contributed by atoms with Crippen molar-refractivity contribution in [3.05, 3.63) is 24.2 Å². The van der Waals surface area contributed by atoms with E-state index in [-0.39, 0.29) is 24.1 Å². The molecule has 2 atom stereocenters. The van der Waals surface area contributed by atoms with E-state index < -0.39 is 0 Å². The topological polar surface area (TPSA) is 91.7 Å². The summed E-state index contributed by atoms with van der Waals surface area (Å²) in [4.78, 5) is 15.5. The zero-order chi connectivity index (χ0) is 15.7. The van der Waals surface area contributed by atoms with Gasteiger partial charge in [0, 0.05) is 0 Å². The first-order valence-corrected chi connectivity index (χ1v) is 7.46. The molecular formula is C15H20N4O3. The van der Waals surface area contributed by atoms with E-state index >= 15 is 0 Å². The van der Waals surface area contributed by atoms with Crippen LogP contribution in [-0.4, -0.2) is 33.3 Å². The van der Waals surface area contributed by atoms with Crippen LogP contribution in [0.5, 0.6) is 0 Å². The van der Waals surface area contributed by atoms with Gasteiger partial charge in [0.25, 0.3) is 0 Å². The highest BCUT2D eigenvalue weighted by atomic mass is 16.6. The number of hydrogen-bond acceptors (Lipinski definition) is 6. The number of rotatable bonds is 4. The molecule has 118 valence electrons. The van der Waals surface area contributed by atoms with E-state index in [1.54, 1.807) is 4.52 Å². The molecule has 0 amide bonds. The van der Waals surface area contributed by atoms with Gasteiger partial charge >= 0.3 is 5.97 Å². The van der Waals surface area contributed by atoms with Gasteiger partial charge in [-0.1, -0.05) is 13.8 Å². The van der Waals surface area contributed by atoms with Crippen molar-refractivity contribution in [2.75, 3.05) is 12.3 Å². The van der Waals surface area contributed by atoms with E-state index in [1.807, 2.05) is 26.0 Å². The first kappa shape index (κ1) is 14.8. The molecule has 3 rings (SSSR count). The largest absolute Gasteiger partial charge is 0.463 e. The maximum absolute atomic E-state index is 11.5. The molecule has 2 N–H and O–H groups in total. The number of carbonyl (C=O) groups is 1. The van der Waals surface area contributed by atoms with E-state index in [0.717, 1.165) is 24.1 Å². The zero-order valence-electron chi connectivity index (χ0n) is 12.7. The molecule has 2 unspecified atom stereocenters. The lowest BCUT2D eigenvalue weighted by Crippen LogP contribution is -2.21. The van der Waals surface area contributed by atoms with Crippen LogP contribution in [0.1, 0.15) is 38.5 Å². The Morgan fingerprint density at radius 3 is 3.09 bits per heavy atom. The van der Waals surface area contributed by atoms with Gasteiger partial charge in [-0.05, 0) is 25.0 Å². The van der Waals surface area contributed by atoms with Crippen LogP contribution in [0.3, 0.4) is 0 Å². The smallest absolute Gasteiger partial charge is 0.308 e. The van der Waals surface area contributed by atoms with Crippen LogP contribution >= 0.6 is 0 Å². The van der Waals surface area contributed by atoms with Crippen molar-refractivity contribution >= 4 is 17.3 Å². The third kappa shape index (κ3) is 2.76. The number of fused-ring (bicyclic) bond motifs is 1. The molecule has 0 saturated carbocycles. The highest BCUT2D eigenvalue weighted by molar-refractivity contribution is 5.71. The number of hydrogen-bond donors (Lipinski definition) is 1. The van der Waals surface area contributed by atoms with Crippen molar-refractivity contribution in [1.29, 1.82) is 0 Å². The van der Waals surface area contributed by atoms with Crippen molar-refractivity contribution in [2.45, 2.75) is 38.9 Å². The van der Waals surface area contributed by atoms with Crippen LogP contribution in [-0.2, 0) is 14.3 Å². The molecule has 2 aromatic rings. The molecule has 1 aliphatic heterocycles. The summed E-state index contributed by atoms with van der Waals surface area (Å²) in [7, 11) is 0. The number of carbonyl (C=O) groups excluding carboxylic acids is 1. The van der Waals surface area contributed by atoms with Gasteiger partial charge in [-0.25, -0.2) is 9.50 Å². The molecule has 1 aliphatic rings. The first-order chi connectivity index (χ1) is 10.6. The Bertz CT molecular complexity index is 682. The minimum Gasteiger partial charge on any atom is -0.463 e. The number of nitrogen functional groups attached to an aromatic ring is 1. The Morgan fingerprint density at radius 1 is 1.50 bits per heavy atom. The van der Waals surface area contributed by atoms with Crippen LogP contribution < -0.4 is 5.73 Å². The molecule has 0 spiro atoms. The van der Waals surface area contributed by atoms with Gasteiger partial charge in [-0.3, -0.25) is 4.79 Å². The lowest BCUT2D eigenvalue weighted by Gasteiger charge is -2.14. The predicted molar refractivity (Wildman–Crippen MR) is 80.0 cm³/mol. The van der Waals surface area contributed by atoms with E-state index in [0.29, 0.717) is 12.4 Å². The Hall–Kier alpha value is -2.15. The number of nitrogens with two attached hydrogens (primary N) is 1. The van der Waals surface area contributed by atoms with Crippen molar-refractivity contribution in [3.8, 4) is 0 Å². The molecule has 2 aromatic heterocycles.